The van der Waals surface area contributed by atoms with Crippen molar-refractivity contribution in [3.8, 4) is 0 Å². The molecule has 380 valence electrons. The molecule has 9 aliphatic rings. The first-order chi connectivity index (χ1) is 33.5. The quantitative estimate of drug-likeness (QED) is 0.218. The van der Waals surface area contributed by atoms with Gasteiger partial charge in [-0.2, -0.15) is 0 Å². The van der Waals surface area contributed by atoms with E-state index in [-0.39, 0.29) is 32.6 Å². The molecule has 3 aliphatic heterocycles. The fourth-order valence-electron chi connectivity index (χ4n) is 16.7. The summed E-state index contributed by atoms with van der Waals surface area (Å²) in [5.74, 6) is 2.97. The van der Waals surface area contributed by atoms with Gasteiger partial charge >= 0.3 is 0 Å². The van der Waals surface area contributed by atoms with E-state index < -0.39 is 0 Å². The molecule has 0 radical (unpaired) electrons. The summed E-state index contributed by atoms with van der Waals surface area (Å²) in [5.41, 5.74) is 19.7. The molecule has 4 heteroatoms. The first kappa shape index (κ1) is 49.6. The minimum atomic E-state index is -0.0222. The van der Waals surface area contributed by atoms with Crippen LogP contribution in [0.3, 0.4) is 0 Å². The van der Waals surface area contributed by atoms with E-state index in [9.17, 15) is 0 Å². The van der Waals surface area contributed by atoms with Crippen LogP contribution in [0.2, 0.25) is 5.82 Å². The van der Waals surface area contributed by atoms with Crippen molar-refractivity contribution in [1.29, 1.82) is 0 Å². The van der Waals surface area contributed by atoms with E-state index in [0.717, 1.165) is 25.2 Å². The first-order valence-electron chi connectivity index (χ1n) is 29.4. The van der Waals surface area contributed by atoms with Crippen LogP contribution in [0.5, 0.6) is 0 Å². The molecule has 2 aromatic rings. The van der Waals surface area contributed by atoms with Crippen LogP contribution in [0.25, 0.3) is 0 Å². The van der Waals surface area contributed by atoms with Gasteiger partial charge in [-0.1, -0.05) is 181 Å². The highest BCUT2D eigenvalue weighted by molar-refractivity contribution is 6.86. The van der Waals surface area contributed by atoms with Gasteiger partial charge in [0.05, 0.1) is 6.04 Å². The van der Waals surface area contributed by atoms with Crippen LogP contribution in [-0.4, -0.2) is 18.3 Å². The zero-order valence-corrected chi connectivity index (χ0v) is 47.3. The molecule has 0 amide bonds. The third-order valence-corrected chi connectivity index (χ3v) is 21.1. The Morgan fingerprint density at radius 1 is 0.704 bits per heavy atom. The lowest BCUT2D eigenvalue weighted by molar-refractivity contribution is 0.0707. The van der Waals surface area contributed by atoms with Crippen LogP contribution < -0.4 is 20.2 Å². The fourth-order valence-corrected chi connectivity index (χ4v) is 16.7. The lowest BCUT2D eigenvalue weighted by atomic mass is 9.27. The van der Waals surface area contributed by atoms with Crippen molar-refractivity contribution in [3.05, 3.63) is 112 Å². The van der Waals surface area contributed by atoms with Crippen LogP contribution in [0, 0.1) is 45.3 Å². The Morgan fingerprint density at radius 3 is 2.00 bits per heavy atom. The van der Waals surface area contributed by atoms with Crippen LogP contribution in [0.15, 0.2) is 107 Å². The van der Waals surface area contributed by atoms with Gasteiger partial charge in [0.2, 0.25) is 6.71 Å². The number of hydrogen-bond acceptors (Lipinski definition) is 3. The Morgan fingerprint density at radius 2 is 1.39 bits per heavy atom. The predicted octanol–water partition coefficient (Wildman–Crippen LogP) is 18.3. The average Bonchev–Trinajstić information content (AvgIpc) is 3.51. The van der Waals surface area contributed by atoms with Crippen molar-refractivity contribution in [2.45, 2.75) is 229 Å². The Hall–Kier alpha value is -3.66. The van der Waals surface area contributed by atoms with E-state index in [2.05, 4.69) is 184 Å². The van der Waals surface area contributed by atoms with E-state index >= 15 is 0 Å². The number of hydrogen-bond donors (Lipinski definition) is 0. The molecule has 3 nitrogen and oxygen atoms in total. The fraction of sp³-hybridized carbons (Fsp3) is 0.642. The van der Waals surface area contributed by atoms with Crippen molar-refractivity contribution >= 4 is 34.9 Å². The number of benzene rings is 2. The lowest BCUT2D eigenvalue weighted by Crippen LogP contribution is -2.58. The molecule has 0 aromatic heterocycles. The summed E-state index contributed by atoms with van der Waals surface area (Å²) in [5, 5.41) is 0. The maximum absolute atomic E-state index is 3.09. The minimum Gasteiger partial charge on any atom is -0.339 e. The second-order valence-corrected chi connectivity index (χ2v) is 29.5. The molecule has 5 unspecified atom stereocenters. The number of anilines is 4. The van der Waals surface area contributed by atoms with E-state index in [1.165, 1.54) is 118 Å². The van der Waals surface area contributed by atoms with Crippen molar-refractivity contribution < 1.29 is 0 Å². The molecule has 3 fully saturated rings. The van der Waals surface area contributed by atoms with Gasteiger partial charge in [0.1, 0.15) is 0 Å². The smallest absolute Gasteiger partial charge is 0.226 e. The molecule has 6 aliphatic carbocycles. The number of nitrogens with zero attached hydrogens (tertiary/aromatic N) is 3. The Bertz CT molecular complexity index is 2590. The van der Waals surface area contributed by atoms with Gasteiger partial charge in [-0.05, 0) is 171 Å². The molecule has 1 saturated heterocycles. The summed E-state index contributed by atoms with van der Waals surface area (Å²) in [6.45, 7) is 35.0. The van der Waals surface area contributed by atoms with Crippen molar-refractivity contribution in [1.82, 2.24) is 0 Å². The molecule has 1 spiro atoms. The number of allylic oxidation sites excluding steroid dienone is 11. The summed E-state index contributed by atoms with van der Waals surface area (Å²) >= 11 is 0. The average molecular weight is 952 g/mol. The van der Waals surface area contributed by atoms with Crippen molar-refractivity contribution in [2.75, 3.05) is 14.7 Å². The number of fused-ring (bicyclic) bond motifs is 5. The van der Waals surface area contributed by atoms with Gasteiger partial charge in [0.15, 0.2) is 0 Å². The molecule has 71 heavy (non-hydrogen) atoms. The zero-order valence-electron chi connectivity index (χ0n) is 47.3. The summed E-state index contributed by atoms with van der Waals surface area (Å²) in [6, 6.07) is 15.7. The van der Waals surface area contributed by atoms with E-state index in [4.69, 9.17) is 0 Å². The van der Waals surface area contributed by atoms with Crippen LogP contribution in [0.4, 0.5) is 22.7 Å². The third kappa shape index (κ3) is 8.26. The van der Waals surface area contributed by atoms with Gasteiger partial charge < -0.3 is 14.7 Å². The second-order valence-electron chi connectivity index (χ2n) is 29.5. The van der Waals surface area contributed by atoms with Gasteiger partial charge in [0, 0.05) is 56.7 Å². The normalized spacial score (nSPS) is 28.5. The first-order valence-corrected chi connectivity index (χ1v) is 29.4. The molecule has 0 bridgehead atoms. The summed E-state index contributed by atoms with van der Waals surface area (Å²) in [7, 11) is 0. The minimum absolute atomic E-state index is 0.0222. The zero-order chi connectivity index (χ0) is 50.2. The number of rotatable bonds is 5. The molecule has 0 N–H and O–H groups in total. The summed E-state index contributed by atoms with van der Waals surface area (Å²) in [4.78, 5) is 8.80. The standard InChI is InChI=1S/C67H94BN3/c1-62(2,3)46-23-30-50(31-24-46)69(51-32-25-47(26-33-51)63(4,5)6)53-42-58-60-59(43-53)71-61-54(67(66(71,13)14)37-19-16-20-38-67)39-45(44-21-17-15-18-22-44)40-56(61)68(60)55-41-49(65(10,11)12)29-36-57(55)70(58)52-34-27-48(28-35-52)64(7,8)9/h23,25,27-28,30,32,34-36,40,42-44,46,49-50,54-55H,15-22,24,26,29,31,33,37-39,41H2,1-14H3. The van der Waals surface area contributed by atoms with Gasteiger partial charge in [0.25, 0.3) is 0 Å². The SMILES string of the molecule is CC(C)(C)C1=CC=C(N(c2cc3c4c(c2)N2C5=C(C=C(C6CCCCC6)CC5C5(CCCCC5)C2(C)C)B4C2CC(C(C)(C)C)CC=C2N3c2ccc(C(C)(C)C)cc2)C2C=CC(C(C)(C)C)CC2)CC1. The van der Waals surface area contributed by atoms with E-state index in [1.807, 2.05) is 5.57 Å². The molecule has 2 aromatic carbocycles. The van der Waals surface area contributed by atoms with Crippen molar-refractivity contribution in [3.63, 3.8) is 0 Å². The predicted molar refractivity (Wildman–Crippen MR) is 307 cm³/mol. The van der Waals surface area contributed by atoms with Crippen LogP contribution in [0.1, 0.15) is 212 Å². The summed E-state index contributed by atoms with van der Waals surface area (Å²) in [6.07, 6.45) is 38.1. The van der Waals surface area contributed by atoms with Crippen LogP contribution >= 0.6 is 0 Å². The Labute approximate surface area is 433 Å². The van der Waals surface area contributed by atoms with Gasteiger partial charge in [-0.25, -0.2) is 0 Å². The third-order valence-electron chi connectivity index (χ3n) is 21.1. The maximum atomic E-state index is 3.09. The second kappa shape index (κ2) is 17.5. The van der Waals surface area contributed by atoms with Crippen LogP contribution in [-0.2, 0) is 5.41 Å². The highest BCUT2D eigenvalue weighted by Gasteiger charge is 2.66. The molecule has 11 rings (SSSR count). The largest absolute Gasteiger partial charge is 0.339 e. The highest BCUT2D eigenvalue weighted by Crippen LogP contribution is 2.68. The maximum Gasteiger partial charge on any atom is 0.226 e. The van der Waals surface area contributed by atoms with E-state index in [1.54, 1.807) is 33.6 Å². The Balaban J connectivity index is 1.21. The molecular weight excluding hydrogens is 858 g/mol. The topological polar surface area (TPSA) is 9.72 Å². The van der Waals surface area contributed by atoms with E-state index in [0.29, 0.717) is 36.3 Å². The van der Waals surface area contributed by atoms with Gasteiger partial charge in [-0.15, -0.1) is 0 Å². The lowest BCUT2D eigenvalue weighted by Gasteiger charge is -2.54. The highest BCUT2D eigenvalue weighted by atomic mass is 15.3. The molecule has 5 atom stereocenters. The molecule has 3 heterocycles. The Kier molecular flexibility index (Phi) is 12.2. The molecular formula is C67H94BN3. The monoisotopic (exact) mass is 952 g/mol. The van der Waals surface area contributed by atoms with Gasteiger partial charge in [-0.3, -0.25) is 0 Å². The molecule has 2 saturated carbocycles. The summed E-state index contributed by atoms with van der Waals surface area (Å²) < 4.78 is 0. The van der Waals surface area contributed by atoms with Crippen molar-refractivity contribution in [2.24, 2.45) is 45.3 Å².